The van der Waals surface area contributed by atoms with Gasteiger partial charge in [0.25, 0.3) is 0 Å². The number of rotatable bonds is 0. The number of epoxide rings is 1. The monoisotopic (exact) mass is 264 g/mol. The fourth-order valence-electron chi connectivity index (χ4n) is 5.47. The first kappa shape index (κ1) is 12.4. The first-order valence-corrected chi connectivity index (χ1v) is 7.52. The van der Waals surface area contributed by atoms with Crippen molar-refractivity contribution in [3.05, 3.63) is 12.2 Å². The highest BCUT2D eigenvalue weighted by atomic mass is 16.7. The molecule has 4 aliphatic rings. The molecule has 4 fully saturated rings. The Labute approximate surface area is 115 Å². The van der Waals surface area contributed by atoms with Crippen molar-refractivity contribution >= 4 is 0 Å². The van der Waals surface area contributed by atoms with E-state index in [0.717, 1.165) is 24.8 Å². The van der Waals surface area contributed by atoms with Crippen molar-refractivity contribution in [1.82, 2.24) is 0 Å². The molecule has 2 heterocycles. The van der Waals surface area contributed by atoms with E-state index >= 15 is 0 Å². The van der Waals surface area contributed by atoms with Gasteiger partial charge in [-0.3, -0.25) is 0 Å². The maximum Gasteiger partial charge on any atom is 0.177 e. The Hall–Kier alpha value is -0.380. The van der Waals surface area contributed by atoms with E-state index in [9.17, 15) is 5.11 Å². The van der Waals surface area contributed by atoms with Crippen LogP contribution in [0.1, 0.15) is 52.9 Å². The lowest BCUT2D eigenvalue weighted by Crippen LogP contribution is -2.60. The average molecular weight is 264 g/mol. The van der Waals surface area contributed by atoms with Gasteiger partial charge in [0.05, 0.1) is 5.60 Å². The Morgan fingerprint density at radius 3 is 2.63 bits per heavy atom. The molecule has 0 aromatic heterocycles. The number of aliphatic hydroxyl groups excluding tert-OH is 1. The van der Waals surface area contributed by atoms with Crippen LogP contribution < -0.4 is 0 Å². The number of fused-ring (bicyclic) bond motifs is 1. The fourth-order valence-corrected chi connectivity index (χ4v) is 5.47. The molecule has 2 aliphatic carbocycles. The normalized spacial score (nSPS) is 63.3. The summed E-state index contributed by atoms with van der Waals surface area (Å²) in [4.78, 5) is 0. The zero-order valence-electron chi connectivity index (χ0n) is 12.2. The highest BCUT2D eigenvalue weighted by molar-refractivity contribution is 5.36. The summed E-state index contributed by atoms with van der Waals surface area (Å²) in [7, 11) is 0. The quantitative estimate of drug-likeness (QED) is 0.540. The number of hydrogen-bond acceptors (Lipinski definition) is 3. The van der Waals surface area contributed by atoms with Gasteiger partial charge in [-0.2, -0.15) is 0 Å². The molecule has 2 aliphatic heterocycles. The Balaban J connectivity index is 1.84. The molecule has 19 heavy (non-hydrogen) atoms. The van der Waals surface area contributed by atoms with Gasteiger partial charge in [-0.05, 0) is 44.6 Å². The van der Waals surface area contributed by atoms with Crippen molar-refractivity contribution in [3.8, 4) is 0 Å². The van der Waals surface area contributed by atoms with Gasteiger partial charge >= 0.3 is 0 Å². The lowest BCUT2D eigenvalue weighted by molar-refractivity contribution is -0.157. The summed E-state index contributed by atoms with van der Waals surface area (Å²) < 4.78 is 12.3. The Morgan fingerprint density at radius 1 is 1.16 bits per heavy atom. The highest BCUT2D eigenvalue weighted by Crippen LogP contribution is 2.75. The van der Waals surface area contributed by atoms with Gasteiger partial charge in [-0.15, -0.1) is 0 Å². The van der Waals surface area contributed by atoms with E-state index in [1.54, 1.807) is 0 Å². The number of hydrogen-bond donors (Lipinski definition) is 1. The summed E-state index contributed by atoms with van der Waals surface area (Å²) >= 11 is 0. The van der Waals surface area contributed by atoms with Gasteiger partial charge in [-0.1, -0.05) is 20.4 Å². The third-order valence-corrected chi connectivity index (χ3v) is 6.85. The van der Waals surface area contributed by atoms with Crippen LogP contribution in [0, 0.1) is 10.8 Å². The molecule has 3 heteroatoms. The topological polar surface area (TPSA) is 42.0 Å². The first-order chi connectivity index (χ1) is 8.79. The molecule has 0 aromatic rings. The number of ether oxygens (including phenoxy) is 2. The van der Waals surface area contributed by atoms with Crippen LogP contribution in [-0.2, 0) is 9.47 Å². The standard InChI is InChI=1S/C16H24O3/c1-10-11(17)18-12-14(10,3)9-8-13(2)6-5-7-15(4)16(12,13)19-15/h11-12,17H,1,5-9H2,2-4H3/t11?,12-,13-,14+,15?,16?/m1/s1. The molecule has 1 spiro atoms. The van der Waals surface area contributed by atoms with Gasteiger partial charge in [0, 0.05) is 10.8 Å². The minimum Gasteiger partial charge on any atom is -0.364 e. The predicted molar refractivity (Wildman–Crippen MR) is 71.5 cm³/mol. The van der Waals surface area contributed by atoms with Gasteiger partial charge in [0.1, 0.15) is 11.7 Å². The van der Waals surface area contributed by atoms with Crippen molar-refractivity contribution in [2.75, 3.05) is 0 Å². The SMILES string of the molecule is C=C1C(O)O[C@H]2C34OC3(C)CCC[C@]4(C)CC[C@@]12C. The van der Waals surface area contributed by atoms with Crippen LogP contribution in [0.4, 0.5) is 0 Å². The summed E-state index contributed by atoms with van der Waals surface area (Å²) in [6, 6.07) is 0. The van der Waals surface area contributed by atoms with Crippen LogP contribution in [0.25, 0.3) is 0 Å². The zero-order valence-corrected chi connectivity index (χ0v) is 12.2. The molecule has 0 bridgehead atoms. The molecule has 1 N–H and O–H groups in total. The van der Waals surface area contributed by atoms with Gasteiger partial charge in [0.15, 0.2) is 6.29 Å². The molecule has 3 nitrogen and oxygen atoms in total. The lowest BCUT2D eigenvalue weighted by atomic mass is 9.50. The fraction of sp³-hybridized carbons (Fsp3) is 0.875. The number of aliphatic hydroxyl groups is 1. The zero-order chi connectivity index (χ0) is 13.7. The van der Waals surface area contributed by atoms with Crippen molar-refractivity contribution < 1.29 is 14.6 Å². The van der Waals surface area contributed by atoms with Gasteiger partial charge < -0.3 is 14.6 Å². The Kier molecular flexibility index (Phi) is 2.02. The smallest absolute Gasteiger partial charge is 0.177 e. The minimum absolute atomic E-state index is 0.0356. The van der Waals surface area contributed by atoms with E-state index in [4.69, 9.17) is 9.47 Å². The van der Waals surface area contributed by atoms with Gasteiger partial charge in [-0.25, -0.2) is 0 Å². The van der Waals surface area contributed by atoms with Crippen molar-refractivity contribution in [3.63, 3.8) is 0 Å². The maximum atomic E-state index is 10.1. The van der Waals surface area contributed by atoms with Crippen LogP contribution in [0.3, 0.4) is 0 Å². The third-order valence-electron chi connectivity index (χ3n) is 6.85. The molecule has 0 amide bonds. The second-order valence-corrected chi connectivity index (χ2v) is 7.79. The first-order valence-electron chi connectivity index (χ1n) is 7.52. The predicted octanol–water partition coefficient (Wildman–Crippen LogP) is 2.78. The van der Waals surface area contributed by atoms with Crippen LogP contribution in [-0.4, -0.2) is 28.7 Å². The van der Waals surface area contributed by atoms with E-state index < -0.39 is 6.29 Å². The van der Waals surface area contributed by atoms with Crippen molar-refractivity contribution in [2.24, 2.45) is 10.8 Å². The molecule has 106 valence electrons. The van der Waals surface area contributed by atoms with E-state index in [-0.39, 0.29) is 28.1 Å². The summed E-state index contributed by atoms with van der Waals surface area (Å²) in [6.07, 6.45) is 4.90. The molecule has 2 saturated carbocycles. The van der Waals surface area contributed by atoms with Crippen LogP contribution in [0.15, 0.2) is 12.2 Å². The van der Waals surface area contributed by atoms with E-state index in [0.29, 0.717) is 0 Å². The summed E-state index contributed by atoms with van der Waals surface area (Å²) in [5.74, 6) is 0. The Morgan fingerprint density at radius 2 is 1.89 bits per heavy atom. The van der Waals surface area contributed by atoms with Crippen molar-refractivity contribution in [1.29, 1.82) is 0 Å². The summed E-state index contributed by atoms with van der Waals surface area (Å²) in [5.41, 5.74) is 0.641. The van der Waals surface area contributed by atoms with Crippen LogP contribution in [0.5, 0.6) is 0 Å². The van der Waals surface area contributed by atoms with Gasteiger partial charge in [0.2, 0.25) is 0 Å². The molecular weight excluding hydrogens is 240 g/mol. The van der Waals surface area contributed by atoms with Crippen molar-refractivity contribution in [2.45, 2.75) is 76.5 Å². The molecule has 2 saturated heterocycles. The molecule has 0 aromatic carbocycles. The second kappa shape index (κ2) is 3.10. The average Bonchev–Trinajstić information content (AvgIpc) is 2.92. The summed E-state index contributed by atoms with van der Waals surface area (Å²) in [6.45, 7) is 10.9. The highest BCUT2D eigenvalue weighted by Gasteiger charge is 2.84. The largest absolute Gasteiger partial charge is 0.364 e. The lowest BCUT2D eigenvalue weighted by Gasteiger charge is -2.52. The van der Waals surface area contributed by atoms with Crippen LogP contribution >= 0.6 is 0 Å². The summed E-state index contributed by atoms with van der Waals surface area (Å²) in [5, 5.41) is 10.1. The molecule has 6 atom stereocenters. The minimum atomic E-state index is -0.817. The van der Waals surface area contributed by atoms with E-state index in [1.807, 2.05) is 0 Å². The Bertz CT molecular complexity index is 475. The van der Waals surface area contributed by atoms with E-state index in [1.165, 1.54) is 12.8 Å². The maximum absolute atomic E-state index is 10.1. The molecular formula is C16H24O3. The third kappa shape index (κ3) is 1.10. The molecule has 4 rings (SSSR count). The van der Waals surface area contributed by atoms with Crippen LogP contribution in [0.2, 0.25) is 0 Å². The molecule has 3 unspecified atom stereocenters. The second-order valence-electron chi connectivity index (χ2n) is 7.79. The molecule has 0 radical (unpaired) electrons. The van der Waals surface area contributed by atoms with E-state index in [2.05, 4.69) is 27.4 Å².